The maximum Gasteiger partial charge on any atom is 0.257 e. The van der Waals surface area contributed by atoms with E-state index in [1.807, 2.05) is 36.1 Å². The number of rotatable bonds is 3. The maximum atomic E-state index is 13.1. The van der Waals surface area contributed by atoms with Crippen LogP contribution in [0.4, 0.5) is 0 Å². The highest BCUT2D eigenvalue weighted by molar-refractivity contribution is 5.98. The largest absolute Gasteiger partial charge is 0.486 e. The summed E-state index contributed by atoms with van der Waals surface area (Å²) < 4.78 is 11.3. The van der Waals surface area contributed by atoms with Gasteiger partial charge in [-0.15, -0.1) is 0 Å². The number of carbonyl (C=O) groups excluding carboxylic acids is 1. The first-order valence-corrected chi connectivity index (χ1v) is 9.31. The van der Waals surface area contributed by atoms with Crippen LogP contribution < -0.4 is 9.47 Å². The van der Waals surface area contributed by atoms with Gasteiger partial charge in [-0.2, -0.15) is 0 Å². The zero-order valence-electron chi connectivity index (χ0n) is 15.1. The Kier molecular flexibility index (Phi) is 4.78. The van der Waals surface area contributed by atoms with Crippen molar-refractivity contribution in [2.24, 2.45) is 5.92 Å². The Hall–Kier alpha value is -2.56. The molecule has 3 heterocycles. The van der Waals surface area contributed by atoms with Gasteiger partial charge in [0.25, 0.3) is 5.91 Å². The number of pyridine rings is 1. The van der Waals surface area contributed by atoms with Gasteiger partial charge in [-0.25, -0.2) is 0 Å². The summed E-state index contributed by atoms with van der Waals surface area (Å²) in [4.78, 5) is 19.7. The van der Waals surface area contributed by atoms with Crippen LogP contribution in [0, 0.1) is 12.8 Å². The normalized spacial score (nSPS) is 19.3. The molecule has 0 N–H and O–H groups in total. The number of piperidine rings is 1. The molecule has 5 heteroatoms. The summed E-state index contributed by atoms with van der Waals surface area (Å²) in [6.45, 7) is 4.58. The molecule has 0 unspecified atom stereocenters. The lowest BCUT2D eigenvalue weighted by molar-refractivity contribution is 0.0663. The summed E-state index contributed by atoms with van der Waals surface area (Å²) in [7, 11) is 0. The number of fused-ring (bicyclic) bond motifs is 1. The van der Waals surface area contributed by atoms with Crippen LogP contribution in [-0.2, 0) is 6.42 Å². The third-order valence-electron chi connectivity index (χ3n) is 5.05. The Bertz CT molecular complexity index is 806. The maximum absolute atomic E-state index is 13.1. The average Bonchev–Trinajstić information content (AvgIpc) is 2.67. The van der Waals surface area contributed by atoms with Gasteiger partial charge in [0.15, 0.2) is 11.5 Å². The van der Waals surface area contributed by atoms with Gasteiger partial charge in [0, 0.05) is 24.5 Å². The molecule has 0 radical (unpaired) electrons. The molecule has 1 saturated heterocycles. The summed E-state index contributed by atoms with van der Waals surface area (Å²) in [5.41, 5.74) is 2.76. The highest BCUT2D eigenvalue weighted by atomic mass is 16.6. The van der Waals surface area contributed by atoms with Crippen molar-refractivity contribution in [3.05, 3.63) is 53.3 Å². The van der Waals surface area contributed by atoms with Crippen LogP contribution in [0.2, 0.25) is 0 Å². The van der Waals surface area contributed by atoms with E-state index in [0.29, 0.717) is 36.2 Å². The SMILES string of the molecule is Cc1cccc(C[C@H]2CCCN(C(=O)c3cccc4c3OCCO4)C2)n1. The molecule has 1 aromatic heterocycles. The summed E-state index contributed by atoms with van der Waals surface area (Å²) in [6.07, 6.45) is 3.07. The van der Waals surface area contributed by atoms with Gasteiger partial charge in [0.1, 0.15) is 13.2 Å². The molecule has 1 amide bonds. The molecular formula is C21H24N2O3. The fourth-order valence-electron chi connectivity index (χ4n) is 3.84. The first kappa shape index (κ1) is 16.9. The minimum Gasteiger partial charge on any atom is -0.486 e. The van der Waals surface area contributed by atoms with E-state index in [2.05, 4.69) is 17.1 Å². The number of hydrogen-bond donors (Lipinski definition) is 0. The van der Waals surface area contributed by atoms with Crippen molar-refractivity contribution in [1.29, 1.82) is 0 Å². The molecule has 5 nitrogen and oxygen atoms in total. The van der Waals surface area contributed by atoms with Crippen LogP contribution in [0.5, 0.6) is 11.5 Å². The summed E-state index contributed by atoms with van der Waals surface area (Å²) in [5, 5.41) is 0. The van der Waals surface area contributed by atoms with Crippen molar-refractivity contribution < 1.29 is 14.3 Å². The van der Waals surface area contributed by atoms with E-state index in [-0.39, 0.29) is 5.91 Å². The van der Waals surface area contributed by atoms with Gasteiger partial charge in [-0.3, -0.25) is 9.78 Å². The van der Waals surface area contributed by atoms with Crippen molar-refractivity contribution >= 4 is 5.91 Å². The van der Waals surface area contributed by atoms with Gasteiger partial charge in [0.2, 0.25) is 0 Å². The van der Waals surface area contributed by atoms with E-state index in [9.17, 15) is 4.79 Å². The Morgan fingerprint density at radius 3 is 2.92 bits per heavy atom. The number of nitrogens with zero attached hydrogens (tertiary/aromatic N) is 2. The van der Waals surface area contributed by atoms with Gasteiger partial charge in [-0.05, 0) is 56.4 Å². The highest BCUT2D eigenvalue weighted by Crippen LogP contribution is 2.35. The lowest BCUT2D eigenvalue weighted by Crippen LogP contribution is -2.41. The molecule has 0 spiro atoms. The topological polar surface area (TPSA) is 51.7 Å². The Balaban J connectivity index is 1.48. The molecule has 2 aliphatic heterocycles. The average molecular weight is 352 g/mol. The van der Waals surface area contributed by atoms with Crippen LogP contribution in [0.15, 0.2) is 36.4 Å². The molecule has 1 atom stereocenters. The zero-order chi connectivity index (χ0) is 17.9. The number of carbonyl (C=O) groups is 1. The predicted molar refractivity (Wildman–Crippen MR) is 98.7 cm³/mol. The van der Waals surface area contributed by atoms with Gasteiger partial charge >= 0.3 is 0 Å². The molecule has 1 aromatic carbocycles. The first-order chi connectivity index (χ1) is 12.7. The second-order valence-corrected chi connectivity index (χ2v) is 7.06. The minimum atomic E-state index is 0.0363. The van der Waals surface area contributed by atoms with Crippen molar-refractivity contribution in [1.82, 2.24) is 9.88 Å². The zero-order valence-corrected chi connectivity index (χ0v) is 15.1. The monoisotopic (exact) mass is 352 g/mol. The van der Waals surface area contributed by atoms with E-state index in [0.717, 1.165) is 43.7 Å². The van der Waals surface area contributed by atoms with E-state index >= 15 is 0 Å². The summed E-state index contributed by atoms with van der Waals surface area (Å²) in [5.74, 6) is 1.74. The first-order valence-electron chi connectivity index (χ1n) is 9.31. The van der Waals surface area contributed by atoms with Crippen molar-refractivity contribution in [2.75, 3.05) is 26.3 Å². The molecular weight excluding hydrogens is 328 g/mol. The highest BCUT2D eigenvalue weighted by Gasteiger charge is 2.28. The lowest BCUT2D eigenvalue weighted by Gasteiger charge is -2.33. The molecule has 2 aliphatic rings. The van der Waals surface area contributed by atoms with Crippen LogP contribution in [0.1, 0.15) is 34.6 Å². The molecule has 1 fully saturated rings. The van der Waals surface area contributed by atoms with E-state index < -0.39 is 0 Å². The number of hydrogen-bond acceptors (Lipinski definition) is 4. The molecule has 26 heavy (non-hydrogen) atoms. The third-order valence-corrected chi connectivity index (χ3v) is 5.05. The van der Waals surface area contributed by atoms with E-state index in [1.165, 1.54) is 0 Å². The Morgan fingerprint density at radius 2 is 2.04 bits per heavy atom. The standard InChI is InChI=1S/C21H24N2O3/c1-15-5-2-7-17(22-15)13-16-6-4-10-23(14-16)21(24)18-8-3-9-19-20(18)26-12-11-25-19/h2-3,5,7-9,16H,4,6,10-14H2,1H3/t16-/m1/s1. The van der Waals surface area contributed by atoms with Crippen LogP contribution in [0.3, 0.4) is 0 Å². The number of likely N-dealkylation sites (tertiary alicyclic amines) is 1. The molecule has 136 valence electrons. The fraction of sp³-hybridized carbons (Fsp3) is 0.429. The van der Waals surface area contributed by atoms with Gasteiger partial charge < -0.3 is 14.4 Å². The fourth-order valence-corrected chi connectivity index (χ4v) is 3.84. The summed E-state index contributed by atoms with van der Waals surface area (Å²) >= 11 is 0. The van der Waals surface area contributed by atoms with Crippen LogP contribution >= 0.6 is 0 Å². The number of aromatic nitrogens is 1. The van der Waals surface area contributed by atoms with E-state index in [1.54, 1.807) is 0 Å². The number of amides is 1. The molecule has 0 bridgehead atoms. The van der Waals surface area contributed by atoms with Gasteiger partial charge in [-0.1, -0.05) is 12.1 Å². The lowest BCUT2D eigenvalue weighted by atomic mass is 9.92. The van der Waals surface area contributed by atoms with Crippen LogP contribution in [0.25, 0.3) is 0 Å². The molecule has 0 saturated carbocycles. The second-order valence-electron chi connectivity index (χ2n) is 7.06. The molecule has 4 rings (SSSR count). The quantitative estimate of drug-likeness (QED) is 0.851. The number of para-hydroxylation sites is 1. The Labute approximate surface area is 153 Å². The number of benzene rings is 1. The summed E-state index contributed by atoms with van der Waals surface area (Å²) in [6, 6.07) is 11.7. The van der Waals surface area contributed by atoms with Crippen LogP contribution in [-0.4, -0.2) is 42.1 Å². The number of ether oxygens (including phenoxy) is 2. The predicted octanol–water partition coefficient (Wildman–Crippen LogP) is 3.26. The van der Waals surface area contributed by atoms with Crippen molar-refractivity contribution in [3.63, 3.8) is 0 Å². The van der Waals surface area contributed by atoms with Crippen molar-refractivity contribution in [2.45, 2.75) is 26.2 Å². The molecule has 2 aromatic rings. The Morgan fingerprint density at radius 1 is 1.19 bits per heavy atom. The van der Waals surface area contributed by atoms with Gasteiger partial charge in [0.05, 0.1) is 5.56 Å². The smallest absolute Gasteiger partial charge is 0.257 e. The minimum absolute atomic E-state index is 0.0363. The van der Waals surface area contributed by atoms with Crippen molar-refractivity contribution in [3.8, 4) is 11.5 Å². The second kappa shape index (κ2) is 7.36. The third kappa shape index (κ3) is 3.52. The molecule has 0 aliphatic carbocycles. The number of aryl methyl sites for hydroxylation is 1. The van der Waals surface area contributed by atoms with E-state index in [4.69, 9.17) is 9.47 Å².